The number of anilines is 3. The lowest BCUT2D eigenvalue weighted by Crippen LogP contribution is -2.34. The topological polar surface area (TPSA) is 115 Å². The van der Waals surface area contributed by atoms with E-state index in [1.54, 1.807) is 18.2 Å². The van der Waals surface area contributed by atoms with Gasteiger partial charge in [0.05, 0.1) is 23.1 Å². The van der Waals surface area contributed by atoms with Crippen molar-refractivity contribution in [2.45, 2.75) is 25.9 Å². The minimum Gasteiger partial charge on any atom is -0.439 e. The summed E-state index contributed by atoms with van der Waals surface area (Å²) in [6.07, 6.45) is -1.43. The second kappa shape index (κ2) is 8.61. The average molecular weight is 472 g/mol. The van der Waals surface area contributed by atoms with Gasteiger partial charge in [-0.25, -0.2) is 14.7 Å². The van der Waals surface area contributed by atoms with Gasteiger partial charge in [-0.3, -0.25) is 14.7 Å². The van der Waals surface area contributed by atoms with Gasteiger partial charge in [0.2, 0.25) is 11.8 Å². The first kappa shape index (κ1) is 23.0. The summed E-state index contributed by atoms with van der Waals surface area (Å²) < 4.78 is 45.0. The highest BCUT2D eigenvalue weighted by molar-refractivity contribution is 6.27. The first-order valence-corrected chi connectivity index (χ1v) is 10.1. The van der Waals surface area contributed by atoms with Crippen LogP contribution in [-0.4, -0.2) is 33.4 Å². The van der Waals surface area contributed by atoms with Crippen molar-refractivity contribution in [3.05, 3.63) is 60.0 Å². The minimum atomic E-state index is -4.63. The number of carbonyl (C=O) groups excluding carboxylic acids is 2. The summed E-state index contributed by atoms with van der Waals surface area (Å²) in [7, 11) is 0. The lowest BCUT2D eigenvalue weighted by molar-refractivity contribution is -0.137. The van der Waals surface area contributed by atoms with Gasteiger partial charge >= 0.3 is 12.2 Å². The number of nitrogen functional groups attached to an aromatic ring is 1. The molecule has 3 aromatic rings. The number of benzene rings is 1. The van der Waals surface area contributed by atoms with Gasteiger partial charge < -0.3 is 10.5 Å². The molecule has 0 unspecified atom stereocenters. The van der Waals surface area contributed by atoms with Crippen molar-refractivity contribution in [2.75, 3.05) is 22.1 Å². The molecule has 34 heavy (non-hydrogen) atoms. The van der Waals surface area contributed by atoms with Crippen LogP contribution in [-0.2, 0) is 11.0 Å². The van der Waals surface area contributed by atoms with Gasteiger partial charge in [-0.1, -0.05) is 13.8 Å². The van der Waals surface area contributed by atoms with Crippen molar-refractivity contribution < 1.29 is 27.5 Å². The van der Waals surface area contributed by atoms with Gasteiger partial charge in [-0.2, -0.15) is 18.2 Å². The van der Waals surface area contributed by atoms with Crippen LogP contribution in [0, 0.1) is 0 Å². The van der Waals surface area contributed by atoms with Crippen LogP contribution in [0.25, 0.3) is 0 Å². The number of aromatic nitrogens is 3. The zero-order valence-corrected chi connectivity index (χ0v) is 18.1. The summed E-state index contributed by atoms with van der Waals surface area (Å²) in [5.74, 6) is -0.0637. The number of alkyl halides is 3. The molecule has 1 fully saturated rings. The van der Waals surface area contributed by atoms with Gasteiger partial charge in [0, 0.05) is 18.5 Å². The lowest BCUT2D eigenvalue weighted by atomic mass is 10.00. The Balaban J connectivity index is 1.66. The van der Waals surface area contributed by atoms with Crippen LogP contribution in [0.4, 0.5) is 35.3 Å². The van der Waals surface area contributed by atoms with Crippen LogP contribution in [0.1, 0.15) is 30.9 Å². The summed E-state index contributed by atoms with van der Waals surface area (Å²) in [4.78, 5) is 39.2. The summed E-state index contributed by atoms with van der Waals surface area (Å²) >= 11 is 0. The molecule has 2 aromatic heterocycles. The molecule has 1 aromatic carbocycles. The second-order valence-electron chi connectivity index (χ2n) is 7.76. The van der Waals surface area contributed by atoms with E-state index in [9.17, 15) is 22.8 Å². The third kappa shape index (κ3) is 4.47. The van der Waals surface area contributed by atoms with E-state index in [1.807, 2.05) is 13.8 Å². The average Bonchev–Trinajstić information content (AvgIpc) is 3.07. The molecule has 176 valence electrons. The molecule has 3 heterocycles. The zero-order valence-electron chi connectivity index (χ0n) is 18.1. The molecule has 0 aliphatic carbocycles. The van der Waals surface area contributed by atoms with Crippen LogP contribution in [0.2, 0.25) is 0 Å². The van der Waals surface area contributed by atoms with Crippen molar-refractivity contribution in [3.63, 3.8) is 0 Å². The zero-order chi connectivity index (χ0) is 24.6. The Kier molecular flexibility index (Phi) is 5.82. The highest BCUT2D eigenvalue weighted by atomic mass is 19.4. The van der Waals surface area contributed by atoms with Crippen molar-refractivity contribution >= 4 is 29.3 Å². The van der Waals surface area contributed by atoms with E-state index in [1.165, 1.54) is 12.3 Å². The van der Waals surface area contributed by atoms with E-state index in [2.05, 4.69) is 15.0 Å². The van der Waals surface area contributed by atoms with Gasteiger partial charge in [0.1, 0.15) is 12.3 Å². The number of urea groups is 1. The molecule has 1 aliphatic rings. The summed E-state index contributed by atoms with van der Waals surface area (Å²) in [5.41, 5.74) is 5.35. The maximum atomic E-state index is 13.1. The molecule has 0 radical (unpaired) electrons. The Hall–Kier alpha value is -4.22. The van der Waals surface area contributed by atoms with Gasteiger partial charge in [-0.05, 0) is 35.7 Å². The van der Waals surface area contributed by atoms with E-state index < -0.39 is 30.2 Å². The number of rotatable bonds is 5. The largest absolute Gasteiger partial charge is 0.439 e. The molecular weight excluding hydrogens is 453 g/mol. The number of amides is 3. The molecule has 1 saturated heterocycles. The Morgan fingerprint density at radius 2 is 1.88 bits per heavy atom. The fourth-order valence-electron chi connectivity index (χ4n) is 3.47. The number of nitrogens with zero attached hydrogens (tertiary/aromatic N) is 5. The number of hydrogen-bond acceptors (Lipinski definition) is 7. The minimum absolute atomic E-state index is 0.0376. The Labute approximate surface area is 192 Å². The summed E-state index contributed by atoms with van der Waals surface area (Å²) in [6.45, 7) is 3.31. The van der Waals surface area contributed by atoms with Crippen LogP contribution in [0.5, 0.6) is 11.6 Å². The van der Waals surface area contributed by atoms with E-state index in [4.69, 9.17) is 10.5 Å². The van der Waals surface area contributed by atoms with Crippen molar-refractivity contribution in [2.24, 2.45) is 0 Å². The summed E-state index contributed by atoms with van der Waals surface area (Å²) in [5, 5.41) is 0. The molecule has 0 atom stereocenters. The molecule has 2 N–H and O–H groups in total. The van der Waals surface area contributed by atoms with Crippen LogP contribution < -0.4 is 20.3 Å². The maximum absolute atomic E-state index is 13.1. The third-order valence-corrected chi connectivity index (χ3v) is 5.06. The molecule has 1 aliphatic heterocycles. The van der Waals surface area contributed by atoms with E-state index in [0.717, 1.165) is 22.1 Å². The quantitative estimate of drug-likeness (QED) is 0.549. The Morgan fingerprint density at radius 3 is 2.56 bits per heavy atom. The number of hydrogen-bond donors (Lipinski definition) is 1. The molecule has 0 saturated carbocycles. The van der Waals surface area contributed by atoms with Crippen molar-refractivity contribution in [1.82, 2.24) is 15.0 Å². The van der Waals surface area contributed by atoms with Gasteiger partial charge in [0.25, 0.3) is 5.91 Å². The number of carbonyl (C=O) groups is 2. The molecular formula is C22H19F3N6O3. The first-order valence-electron chi connectivity index (χ1n) is 10.1. The standard InChI is InChI=1S/C22H19F3N6O3/c1-12(2)16-8-15(34-18-5-6-28-20(26)29-18)3-4-17(16)31-19(32)11-30(21(31)33)14-7-13(9-27-10-14)22(23,24)25/h3-10,12H,11H2,1-2H3,(H2,26,28,29). The molecule has 4 rings (SSSR count). The van der Waals surface area contributed by atoms with E-state index >= 15 is 0 Å². The SMILES string of the molecule is CC(C)c1cc(Oc2ccnc(N)n2)ccc1N1C(=O)CN(c2cncc(C(F)(F)F)c2)C1=O. The van der Waals surface area contributed by atoms with Crippen molar-refractivity contribution in [3.8, 4) is 11.6 Å². The molecule has 9 nitrogen and oxygen atoms in total. The highest BCUT2D eigenvalue weighted by Crippen LogP contribution is 2.37. The second-order valence-corrected chi connectivity index (χ2v) is 7.76. The van der Waals surface area contributed by atoms with Crippen LogP contribution in [0.15, 0.2) is 48.9 Å². The smallest absolute Gasteiger partial charge is 0.417 e. The van der Waals surface area contributed by atoms with Gasteiger partial charge in [0.15, 0.2) is 0 Å². The third-order valence-electron chi connectivity index (χ3n) is 5.06. The number of nitrogens with two attached hydrogens (primary N) is 1. The molecule has 0 bridgehead atoms. The Bertz CT molecular complexity index is 1260. The van der Waals surface area contributed by atoms with Gasteiger partial charge in [-0.15, -0.1) is 0 Å². The highest BCUT2D eigenvalue weighted by Gasteiger charge is 2.40. The fourth-order valence-corrected chi connectivity index (χ4v) is 3.47. The number of halogens is 3. The monoisotopic (exact) mass is 472 g/mol. The number of ether oxygens (including phenoxy) is 1. The Morgan fingerprint density at radius 1 is 1.12 bits per heavy atom. The first-order chi connectivity index (χ1) is 16.0. The molecule has 3 amide bonds. The number of pyridine rings is 1. The van der Waals surface area contributed by atoms with E-state index in [-0.39, 0.29) is 23.4 Å². The van der Waals surface area contributed by atoms with Crippen LogP contribution in [0.3, 0.4) is 0 Å². The maximum Gasteiger partial charge on any atom is 0.417 e. The fraction of sp³-hybridized carbons (Fsp3) is 0.227. The normalized spacial score (nSPS) is 14.3. The summed E-state index contributed by atoms with van der Waals surface area (Å²) in [6, 6.07) is 6.29. The van der Waals surface area contributed by atoms with Crippen molar-refractivity contribution in [1.29, 1.82) is 0 Å². The molecule has 12 heteroatoms. The predicted octanol–water partition coefficient (Wildman–Crippen LogP) is 4.36. The predicted molar refractivity (Wildman–Crippen MR) is 117 cm³/mol. The lowest BCUT2D eigenvalue weighted by Gasteiger charge is -2.22. The van der Waals surface area contributed by atoms with Crippen LogP contribution >= 0.6 is 0 Å². The van der Waals surface area contributed by atoms with E-state index in [0.29, 0.717) is 23.2 Å². The molecule has 0 spiro atoms. The number of imide groups is 1.